The number of aliphatic hydroxyl groups is 1. The highest BCUT2D eigenvalue weighted by atomic mass is 16.3. The summed E-state index contributed by atoms with van der Waals surface area (Å²) in [6, 6.07) is 0. The predicted molar refractivity (Wildman–Crippen MR) is 77.1 cm³/mol. The Kier molecular flexibility index (Phi) is 12.6. The highest BCUT2D eigenvalue weighted by Crippen LogP contribution is 2.10. The van der Waals surface area contributed by atoms with Crippen LogP contribution >= 0.6 is 0 Å². The topological polar surface area (TPSA) is 20.2 Å². The van der Waals surface area contributed by atoms with Gasteiger partial charge in [-0.3, -0.25) is 0 Å². The molecule has 0 spiro atoms. The molecule has 0 aliphatic heterocycles. The van der Waals surface area contributed by atoms with Gasteiger partial charge < -0.3 is 5.11 Å². The lowest BCUT2D eigenvalue weighted by Gasteiger charge is -2.08. The van der Waals surface area contributed by atoms with Gasteiger partial charge in [0, 0.05) is 0 Å². The first kappa shape index (κ1) is 16.2. The molecule has 1 N–H and O–H groups in total. The molecule has 0 saturated heterocycles. The summed E-state index contributed by atoms with van der Waals surface area (Å²) in [5.41, 5.74) is 0. The molecule has 0 aliphatic carbocycles. The second-order valence-corrected chi connectivity index (χ2v) is 4.48. The lowest BCUT2D eigenvalue weighted by atomic mass is 10.0. The Bertz CT molecular complexity index is 216. The van der Waals surface area contributed by atoms with E-state index in [4.69, 9.17) is 0 Å². The van der Waals surface area contributed by atoms with Gasteiger partial charge in [0.25, 0.3) is 0 Å². The van der Waals surface area contributed by atoms with Crippen molar-refractivity contribution < 1.29 is 5.11 Å². The first-order chi connectivity index (χ1) is 8.31. The number of unbranched alkanes of at least 4 members (excludes halogenated alkanes) is 4. The van der Waals surface area contributed by atoms with Crippen molar-refractivity contribution in [1.82, 2.24) is 0 Å². The summed E-state index contributed by atoms with van der Waals surface area (Å²) in [6.45, 7) is 5.82. The average molecular weight is 236 g/mol. The second-order valence-electron chi connectivity index (χ2n) is 4.48. The number of aliphatic hydroxyl groups excluding tert-OH is 1. The Balaban J connectivity index is 3.32. The predicted octanol–water partition coefficient (Wildman–Crippen LogP) is 4.79. The zero-order chi connectivity index (χ0) is 12.8. The number of hydrogen-bond acceptors (Lipinski definition) is 1. The van der Waals surface area contributed by atoms with Crippen LogP contribution in [0.5, 0.6) is 0 Å². The van der Waals surface area contributed by atoms with Gasteiger partial charge in [0.15, 0.2) is 0 Å². The van der Waals surface area contributed by atoms with Crippen molar-refractivity contribution in [3.63, 3.8) is 0 Å². The average Bonchev–Trinajstić information content (AvgIpc) is 2.33. The third-order valence-electron chi connectivity index (χ3n) is 2.79. The second kappa shape index (κ2) is 13.2. The summed E-state index contributed by atoms with van der Waals surface area (Å²) in [6.07, 6.45) is 18.8. The van der Waals surface area contributed by atoms with Crippen LogP contribution in [0.25, 0.3) is 0 Å². The summed E-state index contributed by atoms with van der Waals surface area (Å²) >= 11 is 0. The van der Waals surface area contributed by atoms with Crippen LogP contribution in [-0.2, 0) is 0 Å². The fraction of sp³-hybridized carbons (Fsp3) is 0.625. The van der Waals surface area contributed by atoms with E-state index in [1.54, 1.807) is 6.08 Å². The maximum absolute atomic E-state index is 9.74. The largest absolute Gasteiger partial charge is 0.393 e. The third kappa shape index (κ3) is 13.1. The molecular formula is C16H28O. The molecular weight excluding hydrogens is 208 g/mol. The van der Waals surface area contributed by atoms with Crippen molar-refractivity contribution in [3.8, 4) is 0 Å². The van der Waals surface area contributed by atoms with E-state index in [2.05, 4.69) is 19.6 Å². The molecule has 0 bridgehead atoms. The van der Waals surface area contributed by atoms with Crippen LogP contribution in [0.2, 0.25) is 0 Å². The Labute approximate surface area is 107 Å². The zero-order valence-electron chi connectivity index (χ0n) is 11.3. The van der Waals surface area contributed by atoms with Crippen molar-refractivity contribution >= 4 is 0 Å². The van der Waals surface area contributed by atoms with Gasteiger partial charge in [-0.15, -0.1) is 0 Å². The molecule has 0 heterocycles. The molecule has 1 heteroatoms. The lowest BCUT2D eigenvalue weighted by Crippen LogP contribution is -2.05. The van der Waals surface area contributed by atoms with E-state index in [-0.39, 0.29) is 6.10 Å². The normalized spacial score (nSPS) is 13.5. The van der Waals surface area contributed by atoms with Crippen molar-refractivity contribution in [2.24, 2.45) is 0 Å². The molecule has 0 rings (SSSR count). The minimum atomic E-state index is -0.0935. The van der Waals surface area contributed by atoms with Crippen molar-refractivity contribution in [2.75, 3.05) is 0 Å². The maximum atomic E-state index is 9.74. The molecule has 0 saturated carbocycles. The van der Waals surface area contributed by atoms with E-state index in [9.17, 15) is 5.11 Å². The molecule has 0 aromatic heterocycles. The highest BCUT2D eigenvalue weighted by Gasteiger charge is 2.02. The number of allylic oxidation sites excluding steroid dienone is 5. The lowest BCUT2D eigenvalue weighted by molar-refractivity contribution is 0.148. The molecule has 0 radical (unpaired) electrons. The van der Waals surface area contributed by atoms with Gasteiger partial charge in [-0.25, -0.2) is 0 Å². The van der Waals surface area contributed by atoms with Crippen LogP contribution in [-0.4, -0.2) is 11.2 Å². The van der Waals surface area contributed by atoms with Gasteiger partial charge in [-0.1, -0.05) is 69.6 Å². The molecule has 0 aliphatic rings. The minimum Gasteiger partial charge on any atom is -0.393 e. The molecule has 98 valence electrons. The van der Waals surface area contributed by atoms with E-state index in [0.717, 1.165) is 25.7 Å². The third-order valence-corrected chi connectivity index (χ3v) is 2.79. The smallest absolute Gasteiger partial charge is 0.0540 e. The first-order valence-electron chi connectivity index (χ1n) is 6.93. The fourth-order valence-electron chi connectivity index (χ4n) is 1.74. The zero-order valence-corrected chi connectivity index (χ0v) is 11.3. The Hall–Kier alpha value is -0.820. The molecule has 0 aromatic carbocycles. The summed E-state index contributed by atoms with van der Waals surface area (Å²) in [5.74, 6) is 0. The molecule has 0 amide bonds. The Morgan fingerprint density at radius 1 is 1.00 bits per heavy atom. The van der Waals surface area contributed by atoms with Gasteiger partial charge in [0.05, 0.1) is 6.10 Å². The van der Waals surface area contributed by atoms with Gasteiger partial charge in [-0.2, -0.15) is 0 Å². The Morgan fingerprint density at radius 2 is 1.76 bits per heavy atom. The highest BCUT2D eigenvalue weighted by molar-refractivity contribution is 5.08. The first-order valence-corrected chi connectivity index (χ1v) is 6.93. The molecule has 0 fully saturated rings. The van der Waals surface area contributed by atoms with Crippen LogP contribution in [0.3, 0.4) is 0 Å². The summed E-state index contributed by atoms with van der Waals surface area (Å²) in [4.78, 5) is 0. The van der Waals surface area contributed by atoms with Crippen LogP contribution < -0.4 is 0 Å². The summed E-state index contributed by atoms with van der Waals surface area (Å²) in [5, 5.41) is 9.74. The summed E-state index contributed by atoms with van der Waals surface area (Å²) < 4.78 is 0. The fourth-order valence-corrected chi connectivity index (χ4v) is 1.74. The van der Waals surface area contributed by atoms with E-state index in [0.29, 0.717) is 0 Å². The van der Waals surface area contributed by atoms with Crippen LogP contribution in [0.1, 0.15) is 58.3 Å². The molecule has 1 nitrogen and oxygen atoms in total. The SMILES string of the molecule is C=CC=CC=CCCCC(O)CCCCCC. The van der Waals surface area contributed by atoms with Crippen molar-refractivity contribution in [1.29, 1.82) is 0 Å². The summed E-state index contributed by atoms with van der Waals surface area (Å²) in [7, 11) is 0. The van der Waals surface area contributed by atoms with Crippen molar-refractivity contribution in [3.05, 3.63) is 37.0 Å². The quantitative estimate of drug-likeness (QED) is 0.404. The van der Waals surface area contributed by atoms with Gasteiger partial charge in [0.2, 0.25) is 0 Å². The Morgan fingerprint density at radius 3 is 2.47 bits per heavy atom. The van der Waals surface area contributed by atoms with E-state index in [1.807, 2.05) is 18.2 Å². The molecule has 1 atom stereocenters. The molecule has 0 aromatic rings. The molecule has 1 unspecified atom stereocenters. The van der Waals surface area contributed by atoms with Gasteiger partial charge in [0.1, 0.15) is 0 Å². The van der Waals surface area contributed by atoms with E-state index in [1.165, 1.54) is 25.7 Å². The standard InChI is InChI=1S/C16H28O/c1-3-5-7-9-10-11-13-15-16(17)14-12-8-6-4-2/h3,5,7,9-10,16-17H,1,4,6,8,11-15H2,2H3. The van der Waals surface area contributed by atoms with Gasteiger partial charge in [-0.05, 0) is 25.7 Å². The maximum Gasteiger partial charge on any atom is 0.0540 e. The van der Waals surface area contributed by atoms with Crippen LogP contribution in [0.15, 0.2) is 37.0 Å². The van der Waals surface area contributed by atoms with Gasteiger partial charge >= 0.3 is 0 Å². The minimum absolute atomic E-state index is 0.0935. The molecule has 17 heavy (non-hydrogen) atoms. The number of rotatable bonds is 11. The van der Waals surface area contributed by atoms with Crippen LogP contribution in [0, 0.1) is 0 Å². The van der Waals surface area contributed by atoms with Crippen LogP contribution in [0.4, 0.5) is 0 Å². The van der Waals surface area contributed by atoms with E-state index >= 15 is 0 Å². The number of hydrogen-bond donors (Lipinski definition) is 1. The van der Waals surface area contributed by atoms with Crippen molar-refractivity contribution in [2.45, 2.75) is 64.4 Å². The monoisotopic (exact) mass is 236 g/mol. The van der Waals surface area contributed by atoms with E-state index < -0.39 is 0 Å².